The number of hydrogen-bond acceptors (Lipinski definition) is 8. The Kier molecular flexibility index (Phi) is 9.51. The molecule has 10 heteroatoms. The van der Waals surface area contributed by atoms with Gasteiger partial charge in [-0.25, -0.2) is 10.2 Å². The monoisotopic (exact) mass is 491 g/mol. The van der Waals surface area contributed by atoms with Crippen LogP contribution in [0.15, 0.2) is 77.9 Å². The molecule has 0 aliphatic rings. The number of esters is 1. The van der Waals surface area contributed by atoms with E-state index in [1.165, 1.54) is 24.4 Å². The van der Waals surface area contributed by atoms with Crippen molar-refractivity contribution in [2.24, 2.45) is 5.10 Å². The summed E-state index contributed by atoms with van der Waals surface area (Å²) in [6, 6.07) is 19.0. The lowest BCUT2D eigenvalue weighted by Gasteiger charge is -2.07. The Labute approximate surface area is 207 Å². The number of hydrogen-bond donors (Lipinski definition) is 1. The lowest BCUT2D eigenvalue weighted by atomic mass is 10.2. The van der Waals surface area contributed by atoms with Crippen LogP contribution in [-0.4, -0.2) is 36.2 Å². The van der Waals surface area contributed by atoms with E-state index >= 15 is 0 Å². The first kappa shape index (κ1) is 25.9. The molecule has 10 nitrogen and oxygen atoms in total. The Morgan fingerprint density at radius 1 is 0.972 bits per heavy atom. The fraction of sp³-hybridized carbons (Fsp3) is 0.192. The normalized spacial score (nSPS) is 10.6. The second-order valence-electron chi connectivity index (χ2n) is 7.49. The highest BCUT2D eigenvalue weighted by atomic mass is 16.6. The zero-order valence-corrected chi connectivity index (χ0v) is 19.6. The molecule has 0 aliphatic carbocycles. The van der Waals surface area contributed by atoms with Crippen molar-refractivity contribution in [1.82, 2.24) is 5.43 Å². The van der Waals surface area contributed by atoms with E-state index in [0.717, 1.165) is 12.8 Å². The summed E-state index contributed by atoms with van der Waals surface area (Å²) < 4.78 is 16.2. The number of nitrogens with one attached hydrogen (secondary N) is 1. The second-order valence-corrected chi connectivity index (χ2v) is 7.49. The van der Waals surface area contributed by atoms with Gasteiger partial charge in [0, 0.05) is 6.07 Å². The van der Waals surface area contributed by atoms with Gasteiger partial charge in [0.05, 0.1) is 23.3 Å². The van der Waals surface area contributed by atoms with Crippen LogP contribution in [0.5, 0.6) is 17.2 Å². The van der Waals surface area contributed by atoms with Crippen LogP contribution >= 0.6 is 0 Å². The van der Waals surface area contributed by atoms with E-state index in [2.05, 4.69) is 17.5 Å². The van der Waals surface area contributed by atoms with Crippen LogP contribution in [-0.2, 0) is 4.79 Å². The molecule has 0 spiro atoms. The Morgan fingerprint density at radius 2 is 1.67 bits per heavy atom. The van der Waals surface area contributed by atoms with Crippen LogP contribution in [0.25, 0.3) is 0 Å². The molecular weight excluding hydrogens is 466 g/mol. The van der Waals surface area contributed by atoms with E-state index in [9.17, 15) is 19.7 Å². The molecule has 186 valence electrons. The quantitative estimate of drug-likeness (QED) is 0.0984. The second kappa shape index (κ2) is 13.2. The highest BCUT2D eigenvalue weighted by Gasteiger charge is 2.14. The van der Waals surface area contributed by atoms with Gasteiger partial charge in [-0.1, -0.05) is 25.5 Å². The van der Waals surface area contributed by atoms with Gasteiger partial charge in [-0.3, -0.25) is 14.9 Å². The van der Waals surface area contributed by atoms with E-state index in [-0.39, 0.29) is 11.4 Å². The molecule has 0 fully saturated rings. The van der Waals surface area contributed by atoms with E-state index in [1.807, 2.05) is 0 Å². The summed E-state index contributed by atoms with van der Waals surface area (Å²) in [7, 11) is 0. The standard InChI is InChI=1S/C26H25N3O7/c1-2-3-16-34-21-14-10-20(11-15-21)26(31)36-22-12-8-19(9-13-22)17-27-28-25(30)18-35-24-7-5-4-6-23(24)29(32)33/h4-15,17H,2-3,16,18H2,1H3,(H,28,30). The summed E-state index contributed by atoms with van der Waals surface area (Å²) >= 11 is 0. The third-order valence-corrected chi connectivity index (χ3v) is 4.77. The molecule has 0 unspecified atom stereocenters. The number of carbonyl (C=O) groups is 2. The molecule has 3 rings (SSSR count). The molecule has 0 atom stereocenters. The molecule has 0 saturated carbocycles. The third-order valence-electron chi connectivity index (χ3n) is 4.77. The van der Waals surface area contributed by atoms with Crippen LogP contribution in [0.1, 0.15) is 35.7 Å². The van der Waals surface area contributed by atoms with Gasteiger partial charge in [-0.15, -0.1) is 0 Å². The Morgan fingerprint density at radius 3 is 2.36 bits per heavy atom. The predicted molar refractivity (Wildman–Crippen MR) is 133 cm³/mol. The average molecular weight is 492 g/mol. The summed E-state index contributed by atoms with van der Waals surface area (Å²) in [4.78, 5) is 34.6. The fourth-order valence-corrected chi connectivity index (χ4v) is 2.89. The van der Waals surface area contributed by atoms with Crippen LogP contribution in [0.4, 0.5) is 5.69 Å². The molecule has 0 aromatic heterocycles. The lowest BCUT2D eigenvalue weighted by Crippen LogP contribution is -2.24. The number of hydrazone groups is 1. The minimum Gasteiger partial charge on any atom is -0.494 e. The number of amides is 1. The van der Waals surface area contributed by atoms with Crippen molar-refractivity contribution in [2.45, 2.75) is 19.8 Å². The Bertz CT molecular complexity index is 1210. The van der Waals surface area contributed by atoms with Crippen molar-refractivity contribution < 1.29 is 28.7 Å². The maximum atomic E-state index is 12.4. The van der Waals surface area contributed by atoms with Gasteiger partial charge in [0.25, 0.3) is 5.91 Å². The number of unbranched alkanes of at least 4 members (excludes halogenated alkanes) is 1. The molecule has 0 heterocycles. The Hall–Kier alpha value is -4.73. The first-order valence-electron chi connectivity index (χ1n) is 11.2. The molecule has 3 aromatic carbocycles. The van der Waals surface area contributed by atoms with Crippen LogP contribution in [0.2, 0.25) is 0 Å². The smallest absolute Gasteiger partial charge is 0.343 e. The van der Waals surface area contributed by atoms with Gasteiger partial charge in [0.1, 0.15) is 11.5 Å². The third kappa shape index (κ3) is 7.94. The summed E-state index contributed by atoms with van der Waals surface area (Å²) in [5.41, 5.74) is 3.09. The zero-order valence-electron chi connectivity index (χ0n) is 19.6. The zero-order chi connectivity index (χ0) is 25.8. The summed E-state index contributed by atoms with van der Waals surface area (Å²) in [6.07, 6.45) is 3.40. The number of rotatable bonds is 12. The number of benzene rings is 3. The van der Waals surface area contributed by atoms with Gasteiger partial charge in [0.2, 0.25) is 0 Å². The predicted octanol–water partition coefficient (Wildman–Crippen LogP) is 4.52. The number of ether oxygens (including phenoxy) is 3. The molecule has 3 aromatic rings. The Balaban J connectivity index is 1.45. The van der Waals surface area contributed by atoms with Crippen molar-refractivity contribution in [3.05, 3.63) is 94.0 Å². The molecule has 0 bridgehead atoms. The first-order valence-corrected chi connectivity index (χ1v) is 11.2. The number of nitrogens with zero attached hydrogens (tertiary/aromatic N) is 2. The van der Waals surface area contributed by atoms with E-state index in [4.69, 9.17) is 14.2 Å². The number of nitro benzene ring substituents is 1. The van der Waals surface area contributed by atoms with Crippen LogP contribution < -0.4 is 19.6 Å². The molecule has 0 saturated heterocycles. The van der Waals surface area contributed by atoms with Gasteiger partial charge < -0.3 is 14.2 Å². The van der Waals surface area contributed by atoms with Crippen LogP contribution in [0.3, 0.4) is 0 Å². The molecule has 1 amide bonds. The molecular formula is C26H25N3O7. The van der Waals surface area contributed by atoms with E-state index < -0.39 is 23.4 Å². The summed E-state index contributed by atoms with van der Waals surface area (Å²) in [5.74, 6) is -0.0480. The van der Waals surface area contributed by atoms with Gasteiger partial charge in [-0.05, 0) is 66.6 Å². The fourth-order valence-electron chi connectivity index (χ4n) is 2.89. The SMILES string of the molecule is CCCCOc1ccc(C(=O)Oc2ccc(C=NNC(=O)COc3ccccc3[N+](=O)[O-])cc2)cc1. The van der Waals surface area contributed by atoms with Gasteiger partial charge >= 0.3 is 11.7 Å². The first-order chi connectivity index (χ1) is 17.5. The topological polar surface area (TPSA) is 129 Å². The summed E-state index contributed by atoms with van der Waals surface area (Å²) in [5, 5.41) is 14.8. The van der Waals surface area contributed by atoms with Gasteiger partial charge in [0.15, 0.2) is 12.4 Å². The lowest BCUT2D eigenvalue weighted by molar-refractivity contribution is -0.385. The minimum atomic E-state index is -0.591. The maximum Gasteiger partial charge on any atom is 0.343 e. The highest BCUT2D eigenvalue weighted by Crippen LogP contribution is 2.25. The molecule has 0 radical (unpaired) electrons. The molecule has 1 N–H and O–H groups in total. The number of carbonyl (C=O) groups excluding carboxylic acids is 2. The van der Waals surface area contributed by atoms with Crippen molar-refractivity contribution in [3.63, 3.8) is 0 Å². The van der Waals surface area contributed by atoms with E-state index in [1.54, 1.807) is 54.6 Å². The number of para-hydroxylation sites is 2. The average Bonchev–Trinajstić information content (AvgIpc) is 2.89. The van der Waals surface area contributed by atoms with Crippen molar-refractivity contribution >= 4 is 23.8 Å². The van der Waals surface area contributed by atoms with Crippen molar-refractivity contribution in [2.75, 3.05) is 13.2 Å². The maximum absolute atomic E-state index is 12.4. The minimum absolute atomic E-state index is 0.0111. The van der Waals surface area contributed by atoms with Gasteiger partial charge in [-0.2, -0.15) is 5.10 Å². The van der Waals surface area contributed by atoms with Crippen LogP contribution in [0, 0.1) is 10.1 Å². The summed E-state index contributed by atoms with van der Waals surface area (Å²) in [6.45, 7) is 2.27. The highest BCUT2D eigenvalue weighted by molar-refractivity contribution is 5.91. The largest absolute Gasteiger partial charge is 0.494 e. The van der Waals surface area contributed by atoms with Crippen molar-refractivity contribution in [1.29, 1.82) is 0 Å². The number of nitro groups is 1. The van der Waals surface area contributed by atoms with E-state index in [0.29, 0.717) is 29.2 Å². The molecule has 0 aliphatic heterocycles. The van der Waals surface area contributed by atoms with Crippen molar-refractivity contribution in [3.8, 4) is 17.2 Å². The molecule has 36 heavy (non-hydrogen) atoms.